The van der Waals surface area contributed by atoms with Crippen LogP contribution in [0.25, 0.3) is 0 Å². The number of likely N-dealkylation sites (tertiary alicyclic amines) is 1. The lowest BCUT2D eigenvalue weighted by Gasteiger charge is -2.19. The van der Waals surface area contributed by atoms with Crippen LogP contribution in [-0.4, -0.2) is 23.9 Å². The van der Waals surface area contributed by atoms with E-state index in [0.29, 0.717) is 28.1 Å². The maximum atomic E-state index is 12.4. The number of amides is 1. The largest absolute Gasteiger partial charge is 0.398 e. The zero-order valence-corrected chi connectivity index (χ0v) is 11.6. The number of hydrogen-bond donors (Lipinski definition) is 1. The van der Waals surface area contributed by atoms with Crippen molar-refractivity contribution < 1.29 is 4.79 Å². The molecule has 1 unspecified atom stereocenters. The lowest BCUT2D eigenvalue weighted by molar-refractivity contribution is 0.0784. The van der Waals surface area contributed by atoms with Crippen molar-refractivity contribution >= 4 is 23.2 Å². The average Bonchev–Trinajstić information content (AvgIpc) is 2.81. The molecular formula is C14H19ClN2O. The minimum absolute atomic E-state index is 0.00421. The molecule has 1 aliphatic heterocycles. The molecule has 18 heavy (non-hydrogen) atoms. The van der Waals surface area contributed by atoms with Crippen LogP contribution in [0.2, 0.25) is 5.02 Å². The molecule has 0 radical (unpaired) electrons. The van der Waals surface area contributed by atoms with E-state index >= 15 is 0 Å². The Bertz CT molecular complexity index is 459. The van der Waals surface area contributed by atoms with Crippen molar-refractivity contribution in [2.45, 2.75) is 20.3 Å². The summed E-state index contributed by atoms with van der Waals surface area (Å²) in [6, 6.07) is 5.22. The van der Waals surface area contributed by atoms with E-state index in [9.17, 15) is 4.79 Å². The van der Waals surface area contributed by atoms with Crippen molar-refractivity contribution in [3.05, 3.63) is 28.8 Å². The van der Waals surface area contributed by atoms with E-state index in [2.05, 4.69) is 13.8 Å². The Morgan fingerprint density at radius 2 is 2.22 bits per heavy atom. The highest BCUT2D eigenvalue weighted by molar-refractivity contribution is 6.36. The molecule has 0 saturated carbocycles. The van der Waals surface area contributed by atoms with Crippen LogP contribution in [0.3, 0.4) is 0 Å². The number of hydrogen-bond acceptors (Lipinski definition) is 2. The molecule has 2 N–H and O–H groups in total. The van der Waals surface area contributed by atoms with Gasteiger partial charge < -0.3 is 10.6 Å². The molecule has 98 valence electrons. The van der Waals surface area contributed by atoms with E-state index in [-0.39, 0.29) is 5.91 Å². The summed E-state index contributed by atoms with van der Waals surface area (Å²) < 4.78 is 0. The summed E-state index contributed by atoms with van der Waals surface area (Å²) in [7, 11) is 0. The summed E-state index contributed by atoms with van der Waals surface area (Å²) in [4.78, 5) is 14.3. The summed E-state index contributed by atoms with van der Waals surface area (Å²) in [6.07, 6.45) is 1.07. The van der Waals surface area contributed by atoms with Crippen LogP contribution < -0.4 is 5.73 Å². The molecule has 4 heteroatoms. The Kier molecular flexibility index (Phi) is 3.81. The third-order valence-electron chi connectivity index (χ3n) is 3.71. The van der Waals surface area contributed by atoms with Gasteiger partial charge in [-0.1, -0.05) is 31.5 Å². The van der Waals surface area contributed by atoms with Crippen LogP contribution in [0.5, 0.6) is 0 Å². The topological polar surface area (TPSA) is 46.3 Å². The quantitative estimate of drug-likeness (QED) is 0.837. The predicted molar refractivity (Wildman–Crippen MR) is 74.7 cm³/mol. The molecule has 1 atom stereocenters. The van der Waals surface area contributed by atoms with Crippen molar-refractivity contribution in [1.82, 2.24) is 4.90 Å². The summed E-state index contributed by atoms with van der Waals surface area (Å²) in [5, 5.41) is 0.371. The molecule has 0 aliphatic carbocycles. The van der Waals surface area contributed by atoms with Crippen molar-refractivity contribution in [3.63, 3.8) is 0 Å². The molecular weight excluding hydrogens is 248 g/mol. The molecule has 1 aromatic carbocycles. The molecule has 0 aromatic heterocycles. The van der Waals surface area contributed by atoms with Gasteiger partial charge in [0.1, 0.15) is 0 Å². The first-order valence-corrected chi connectivity index (χ1v) is 6.71. The van der Waals surface area contributed by atoms with Gasteiger partial charge in [-0.15, -0.1) is 0 Å². The Hall–Kier alpha value is -1.22. The third-order valence-corrected chi connectivity index (χ3v) is 4.14. The van der Waals surface area contributed by atoms with Gasteiger partial charge in [-0.05, 0) is 30.4 Å². The first-order chi connectivity index (χ1) is 8.50. The zero-order valence-electron chi connectivity index (χ0n) is 10.8. The number of halogens is 1. The van der Waals surface area contributed by atoms with Gasteiger partial charge in [0.05, 0.1) is 16.3 Å². The van der Waals surface area contributed by atoms with Gasteiger partial charge in [0.15, 0.2) is 0 Å². The highest BCUT2D eigenvalue weighted by Crippen LogP contribution is 2.28. The molecule has 1 fully saturated rings. The van der Waals surface area contributed by atoms with E-state index in [1.807, 2.05) is 4.90 Å². The van der Waals surface area contributed by atoms with E-state index in [1.165, 1.54) is 0 Å². The first kappa shape index (κ1) is 13.2. The van der Waals surface area contributed by atoms with Crippen LogP contribution >= 0.6 is 11.6 Å². The highest BCUT2D eigenvalue weighted by atomic mass is 35.5. The fourth-order valence-corrected chi connectivity index (χ4v) is 2.61. The number of benzene rings is 1. The van der Waals surface area contributed by atoms with Crippen LogP contribution in [0.15, 0.2) is 18.2 Å². The summed E-state index contributed by atoms with van der Waals surface area (Å²) in [6.45, 7) is 6.03. The number of nitrogens with zero attached hydrogens (tertiary/aromatic N) is 1. The number of nitrogens with two attached hydrogens (primary N) is 1. The van der Waals surface area contributed by atoms with Crippen molar-refractivity contribution in [2.75, 3.05) is 18.8 Å². The molecule has 1 heterocycles. The summed E-state index contributed by atoms with van der Waals surface area (Å²) in [5.74, 6) is 1.20. The minimum atomic E-state index is -0.00421. The molecule has 3 nitrogen and oxygen atoms in total. The van der Waals surface area contributed by atoms with Crippen LogP contribution in [0, 0.1) is 11.8 Å². The average molecular weight is 267 g/mol. The second-order valence-electron chi connectivity index (χ2n) is 5.25. The summed E-state index contributed by atoms with van der Waals surface area (Å²) >= 11 is 6.09. The minimum Gasteiger partial charge on any atom is -0.398 e. The van der Waals surface area contributed by atoms with E-state index in [0.717, 1.165) is 19.5 Å². The smallest absolute Gasteiger partial charge is 0.255 e. The molecule has 1 aliphatic rings. The highest BCUT2D eigenvalue weighted by Gasteiger charge is 2.29. The van der Waals surface area contributed by atoms with Gasteiger partial charge in [0.2, 0.25) is 0 Å². The second-order valence-corrected chi connectivity index (χ2v) is 5.63. The van der Waals surface area contributed by atoms with Gasteiger partial charge in [-0.3, -0.25) is 4.79 Å². The van der Waals surface area contributed by atoms with E-state index in [4.69, 9.17) is 17.3 Å². The van der Waals surface area contributed by atoms with Crippen molar-refractivity contribution in [3.8, 4) is 0 Å². The monoisotopic (exact) mass is 266 g/mol. The first-order valence-electron chi connectivity index (χ1n) is 6.34. The Balaban J connectivity index is 2.16. The van der Waals surface area contributed by atoms with Gasteiger partial charge in [-0.2, -0.15) is 0 Å². The van der Waals surface area contributed by atoms with Crippen molar-refractivity contribution in [2.24, 2.45) is 11.8 Å². The Morgan fingerprint density at radius 3 is 2.83 bits per heavy atom. The van der Waals surface area contributed by atoms with Gasteiger partial charge in [0.25, 0.3) is 5.91 Å². The van der Waals surface area contributed by atoms with Gasteiger partial charge in [0, 0.05) is 13.1 Å². The van der Waals surface area contributed by atoms with E-state index < -0.39 is 0 Å². The number of rotatable bonds is 2. The van der Waals surface area contributed by atoms with Gasteiger partial charge in [-0.25, -0.2) is 0 Å². The Morgan fingerprint density at radius 1 is 1.50 bits per heavy atom. The predicted octanol–water partition coefficient (Wildman–Crippen LogP) is 3.04. The zero-order chi connectivity index (χ0) is 13.3. The molecule has 2 rings (SSSR count). The fraction of sp³-hybridized carbons (Fsp3) is 0.500. The van der Waals surface area contributed by atoms with Crippen molar-refractivity contribution in [1.29, 1.82) is 0 Å². The number of carbonyl (C=O) groups is 1. The fourth-order valence-electron chi connectivity index (χ4n) is 2.40. The van der Waals surface area contributed by atoms with Gasteiger partial charge >= 0.3 is 0 Å². The Labute approximate surface area is 113 Å². The normalized spacial score (nSPS) is 19.6. The molecule has 1 saturated heterocycles. The number of nitrogen functional groups attached to an aromatic ring is 1. The van der Waals surface area contributed by atoms with Crippen LogP contribution in [-0.2, 0) is 0 Å². The maximum Gasteiger partial charge on any atom is 0.255 e. The lowest BCUT2D eigenvalue weighted by atomic mass is 9.95. The molecule has 1 aromatic rings. The summed E-state index contributed by atoms with van der Waals surface area (Å²) in [5.41, 5.74) is 6.71. The SMILES string of the molecule is CC(C)C1CCN(C(=O)c2cccc(N)c2Cl)C1. The molecule has 0 spiro atoms. The third kappa shape index (κ3) is 2.46. The van der Waals surface area contributed by atoms with Crippen LogP contribution in [0.1, 0.15) is 30.6 Å². The lowest BCUT2D eigenvalue weighted by Crippen LogP contribution is -2.29. The molecule has 1 amide bonds. The standard InChI is InChI=1S/C14H19ClN2O/c1-9(2)10-6-7-17(8-10)14(18)11-4-3-5-12(16)13(11)15/h3-5,9-10H,6-8,16H2,1-2H3. The number of carbonyl (C=O) groups excluding carboxylic acids is 1. The van der Waals surface area contributed by atoms with Crippen LogP contribution in [0.4, 0.5) is 5.69 Å². The second kappa shape index (κ2) is 5.19. The maximum absolute atomic E-state index is 12.4. The number of anilines is 1. The van der Waals surface area contributed by atoms with E-state index in [1.54, 1.807) is 18.2 Å². The molecule has 0 bridgehead atoms.